The molecule has 4 rings (SSSR count). The highest BCUT2D eigenvalue weighted by atomic mass is 16.2. The number of hydrogen-bond acceptors (Lipinski definition) is 4. The Kier molecular flexibility index (Phi) is 7.15. The van der Waals surface area contributed by atoms with E-state index in [0.29, 0.717) is 28.2 Å². The Morgan fingerprint density at radius 1 is 0.875 bits per heavy atom. The Bertz CT molecular complexity index is 1270. The molecule has 0 saturated carbocycles. The number of aromatic amines is 1. The Hall–Kier alpha value is -4.23. The standard InChI is InChI=1S/C24H20N4O2.CH4O/c1-16-21(24(30)28(27-16)20-10-6-3-7-11-20)22(17-8-4-2-5-9-17)26-19-14-12-18(13-15-19)23(25)29;1-2/h2-15,27H,1H3,(H2,25,29);2H,1H3. The average molecular weight is 428 g/mol. The van der Waals surface area contributed by atoms with Crippen molar-refractivity contribution < 1.29 is 9.90 Å². The molecule has 0 unspecified atom stereocenters. The first-order valence-corrected chi connectivity index (χ1v) is 9.90. The largest absolute Gasteiger partial charge is 0.400 e. The molecule has 32 heavy (non-hydrogen) atoms. The highest BCUT2D eigenvalue weighted by molar-refractivity contribution is 6.14. The fourth-order valence-electron chi connectivity index (χ4n) is 3.27. The fraction of sp³-hybridized carbons (Fsp3) is 0.0800. The summed E-state index contributed by atoms with van der Waals surface area (Å²) in [5.74, 6) is -0.499. The SMILES string of the molecule is CO.Cc1[nH]n(-c2ccccc2)c(=O)c1C(=Nc1ccc(C(N)=O)cc1)c1ccccc1. The van der Waals surface area contributed by atoms with Crippen LogP contribution in [0.15, 0.2) is 94.7 Å². The molecule has 0 atom stereocenters. The molecule has 0 aliphatic heterocycles. The molecule has 1 amide bonds. The molecule has 0 saturated heterocycles. The van der Waals surface area contributed by atoms with E-state index in [-0.39, 0.29) is 5.56 Å². The van der Waals surface area contributed by atoms with Gasteiger partial charge in [-0.15, -0.1) is 0 Å². The van der Waals surface area contributed by atoms with Gasteiger partial charge in [-0.2, -0.15) is 0 Å². The predicted octanol–water partition coefficient (Wildman–Crippen LogP) is 3.35. The van der Waals surface area contributed by atoms with Gasteiger partial charge in [-0.1, -0.05) is 48.5 Å². The van der Waals surface area contributed by atoms with E-state index in [0.717, 1.165) is 18.4 Å². The van der Waals surface area contributed by atoms with Gasteiger partial charge in [-0.3, -0.25) is 14.7 Å². The van der Waals surface area contributed by atoms with E-state index < -0.39 is 5.91 Å². The summed E-state index contributed by atoms with van der Waals surface area (Å²) < 4.78 is 1.51. The zero-order chi connectivity index (χ0) is 23.1. The number of aryl methyl sites for hydroxylation is 1. The lowest BCUT2D eigenvalue weighted by atomic mass is 10.0. The van der Waals surface area contributed by atoms with E-state index >= 15 is 0 Å². The molecule has 4 N–H and O–H groups in total. The minimum Gasteiger partial charge on any atom is -0.400 e. The van der Waals surface area contributed by atoms with E-state index in [1.807, 2.05) is 67.6 Å². The molecule has 0 bridgehead atoms. The molecular formula is C25H24N4O3. The van der Waals surface area contributed by atoms with Crippen molar-refractivity contribution in [3.8, 4) is 5.69 Å². The van der Waals surface area contributed by atoms with Crippen molar-refractivity contribution in [2.75, 3.05) is 7.11 Å². The first kappa shape index (κ1) is 22.5. The quantitative estimate of drug-likeness (QED) is 0.424. The third-order valence-corrected chi connectivity index (χ3v) is 4.76. The van der Waals surface area contributed by atoms with Crippen molar-refractivity contribution in [3.63, 3.8) is 0 Å². The molecule has 3 aromatic carbocycles. The molecule has 7 nitrogen and oxygen atoms in total. The lowest BCUT2D eigenvalue weighted by Crippen LogP contribution is -2.21. The summed E-state index contributed by atoms with van der Waals surface area (Å²) in [5, 5.41) is 10.2. The normalized spacial score (nSPS) is 10.9. The molecule has 0 radical (unpaired) electrons. The number of nitrogens with zero attached hydrogens (tertiary/aromatic N) is 2. The molecule has 1 heterocycles. The van der Waals surface area contributed by atoms with Gasteiger partial charge in [0.2, 0.25) is 5.91 Å². The lowest BCUT2D eigenvalue weighted by molar-refractivity contribution is 0.100. The number of aliphatic hydroxyl groups is 1. The van der Waals surface area contributed by atoms with Crippen LogP contribution in [0.25, 0.3) is 5.69 Å². The Morgan fingerprint density at radius 2 is 1.44 bits per heavy atom. The van der Waals surface area contributed by atoms with Gasteiger partial charge in [0, 0.05) is 23.9 Å². The number of hydrogen-bond donors (Lipinski definition) is 3. The third kappa shape index (κ3) is 4.74. The van der Waals surface area contributed by atoms with Crippen LogP contribution in [-0.2, 0) is 0 Å². The summed E-state index contributed by atoms with van der Waals surface area (Å²) in [6.07, 6.45) is 0. The van der Waals surface area contributed by atoms with Gasteiger partial charge >= 0.3 is 0 Å². The number of H-pyrrole nitrogens is 1. The number of carbonyl (C=O) groups is 1. The molecule has 0 spiro atoms. The maximum atomic E-state index is 13.3. The maximum absolute atomic E-state index is 13.3. The van der Waals surface area contributed by atoms with Crippen LogP contribution < -0.4 is 11.3 Å². The van der Waals surface area contributed by atoms with E-state index in [1.165, 1.54) is 4.68 Å². The Balaban J connectivity index is 0.00000141. The van der Waals surface area contributed by atoms with Gasteiger partial charge in [-0.25, -0.2) is 9.67 Å². The van der Waals surface area contributed by atoms with Gasteiger partial charge in [-0.05, 0) is 43.3 Å². The number of rotatable bonds is 5. The monoisotopic (exact) mass is 428 g/mol. The predicted molar refractivity (Wildman–Crippen MR) is 126 cm³/mol. The van der Waals surface area contributed by atoms with Gasteiger partial charge in [0.1, 0.15) is 0 Å². The van der Waals surface area contributed by atoms with Crippen molar-refractivity contribution in [2.24, 2.45) is 10.7 Å². The van der Waals surface area contributed by atoms with Crippen LogP contribution in [-0.4, -0.2) is 33.6 Å². The first-order chi connectivity index (χ1) is 15.5. The second kappa shape index (κ2) is 10.2. The minimum absolute atomic E-state index is 0.185. The number of para-hydroxylation sites is 1. The maximum Gasteiger partial charge on any atom is 0.280 e. The van der Waals surface area contributed by atoms with Crippen LogP contribution in [0.1, 0.15) is 27.2 Å². The molecule has 4 aromatic rings. The Labute approximate surface area is 185 Å². The highest BCUT2D eigenvalue weighted by Crippen LogP contribution is 2.19. The fourth-order valence-corrected chi connectivity index (χ4v) is 3.27. The van der Waals surface area contributed by atoms with E-state index in [9.17, 15) is 9.59 Å². The number of aromatic nitrogens is 2. The molecule has 0 aliphatic carbocycles. The number of nitrogens with one attached hydrogen (secondary N) is 1. The second-order valence-electron chi connectivity index (χ2n) is 6.83. The number of aliphatic hydroxyl groups excluding tert-OH is 1. The van der Waals surface area contributed by atoms with Gasteiger partial charge in [0.05, 0.1) is 22.6 Å². The summed E-state index contributed by atoms with van der Waals surface area (Å²) in [7, 11) is 1.00. The zero-order valence-corrected chi connectivity index (χ0v) is 17.8. The van der Waals surface area contributed by atoms with Crippen LogP contribution in [0.4, 0.5) is 5.69 Å². The number of carbonyl (C=O) groups excluding carboxylic acids is 1. The van der Waals surface area contributed by atoms with E-state index in [4.69, 9.17) is 15.8 Å². The number of primary amides is 1. The van der Waals surface area contributed by atoms with E-state index in [2.05, 4.69) is 5.10 Å². The van der Waals surface area contributed by atoms with Crippen LogP contribution in [0.2, 0.25) is 0 Å². The van der Waals surface area contributed by atoms with Crippen molar-refractivity contribution >= 4 is 17.3 Å². The number of amides is 1. The van der Waals surface area contributed by atoms with Crippen LogP contribution >= 0.6 is 0 Å². The highest BCUT2D eigenvalue weighted by Gasteiger charge is 2.19. The lowest BCUT2D eigenvalue weighted by Gasteiger charge is -2.06. The molecule has 1 aromatic heterocycles. The van der Waals surface area contributed by atoms with Crippen molar-refractivity contribution in [1.82, 2.24) is 9.78 Å². The van der Waals surface area contributed by atoms with Gasteiger partial charge in [0.15, 0.2) is 0 Å². The Morgan fingerprint density at radius 3 is 2.00 bits per heavy atom. The van der Waals surface area contributed by atoms with Gasteiger partial charge < -0.3 is 10.8 Å². The first-order valence-electron chi connectivity index (χ1n) is 9.90. The van der Waals surface area contributed by atoms with Crippen LogP contribution in [0, 0.1) is 6.92 Å². The number of aliphatic imine (C=N–C) groups is 1. The second-order valence-corrected chi connectivity index (χ2v) is 6.83. The van der Waals surface area contributed by atoms with E-state index in [1.54, 1.807) is 24.3 Å². The topological polar surface area (TPSA) is 113 Å². The molecule has 0 aliphatic rings. The van der Waals surface area contributed by atoms with Crippen molar-refractivity contribution in [2.45, 2.75) is 6.92 Å². The zero-order valence-electron chi connectivity index (χ0n) is 17.8. The average Bonchev–Trinajstić information content (AvgIpc) is 3.14. The summed E-state index contributed by atoms with van der Waals surface area (Å²) in [6, 6.07) is 25.6. The third-order valence-electron chi connectivity index (χ3n) is 4.76. The molecular weight excluding hydrogens is 404 g/mol. The minimum atomic E-state index is -0.499. The number of nitrogens with two attached hydrogens (primary N) is 1. The molecule has 7 heteroatoms. The van der Waals surface area contributed by atoms with Crippen LogP contribution in [0.5, 0.6) is 0 Å². The molecule has 0 fully saturated rings. The summed E-state index contributed by atoms with van der Waals surface area (Å²) >= 11 is 0. The number of benzene rings is 3. The summed E-state index contributed by atoms with van der Waals surface area (Å²) in [6.45, 7) is 1.85. The van der Waals surface area contributed by atoms with Crippen molar-refractivity contribution in [1.29, 1.82) is 0 Å². The van der Waals surface area contributed by atoms with Gasteiger partial charge in [0.25, 0.3) is 5.56 Å². The van der Waals surface area contributed by atoms with Crippen LogP contribution in [0.3, 0.4) is 0 Å². The van der Waals surface area contributed by atoms with Crippen molar-refractivity contribution in [3.05, 3.63) is 118 Å². The summed E-state index contributed by atoms with van der Waals surface area (Å²) in [5.41, 5.74) is 9.47. The smallest absolute Gasteiger partial charge is 0.280 e. The molecule has 162 valence electrons. The summed E-state index contributed by atoms with van der Waals surface area (Å²) in [4.78, 5) is 29.4.